The van der Waals surface area contributed by atoms with E-state index >= 15 is 0 Å². The zero-order valence-electron chi connectivity index (χ0n) is 6.64. The van der Waals surface area contributed by atoms with Gasteiger partial charge < -0.3 is 0 Å². The summed E-state index contributed by atoms with van der Waals surface area (Å²) in [6.07, 6.45) is 0. The van der Waals surface area contributed by atoms with Crippen molar-refractivity contribution in [3.05, 3.63) is 41.3 Å². The molecule has 0 aliphatic heterocycles. The molecule has 0 heterocycles. The van der Waals surface area contributed by atoms with Crippen LogP contribution in [0.1, 0.15) is 5.56 Å². The number of sulfonamides is 1. The third kappa shape index (κ3) is 3.35. The molecule has 13 heavy (non-hydrogen) atoms. The average Bonchev–Trinajstić information content (AvgIpc) is 2.03. The first-order valence-electron chi connectivity index (χ1n) is 3.44. The van der Waals surface area contributed by atoms with Gasteiger partial charge in [0.05, 0.1) is 5.41 Å². The Morgan fingerprint density at radius 3 is 2.31 bits per heavy atom. The first kappa shape index (κ1) is 9.88. The molecule has 70 valence electrons. The van der Waals surface area contributed by atoms with Gasteiger partial charge in [-0.05, 0) is 0 Å². The second-order valence-electron chi connectivity index (χ2n) is 2.42. The topological polar surface area (TPSA) is 60.2 Å². The van der Waals surface area contributed by atoms with E-state index in [2.05, 4.69) is 5.14 Å². The number of benzene rings is 1. The van der Waals surface area contributed by atoms with Crippen LogP contribution in [-0.2, 0) is 10.0 Å². The Hall–Kier alpha value is -1.20. The molecular weight excluding hydrogens is 193 g/mol. The lowest BCUT2D eigenvalue weighted by Crippen LogP contribution is -2.07. The van der Waals surface area contributed by atoms with E-state index in [-0.39, 0.29) is 5.56 Å². The monoisotopic (exact) mass is 201 g/mol. The van der Waals surface area contributed by atoms with E-state index in [1.807, 2.05) is 0 Å². The number of halogens is 1. The fourth-order valence-corrected chi connectivity index (χ4v) is 1.23. The van der Waals surface area contributed by atoms with Crippen LogP contribution in [0, 0.1) is 0 Å². The Bertz CT molecular complexity index is 411. The number of rotatable bonds is 2. The van der Waals surface area contributed by atoms with Gasteiger partial charge in [-0.2, -0.15) is 0 Å². The second kappa shape index (κ2) is 3.68. The van der Waals surface area contributed by atoms with Gasteiger partial charge in [0.1, 0.15) is 5.83 Å². The van der Waals surface area contributed by atoms with Gasteiger partial charge >= 0.3 is 0 Å². The van der Waals surface area contributed by atoms with Crippen LogP contribution >= 0.6 is 0 Å². The van der Waals surface area contributed by atoms with Crippen LogP contribution in [0.25, 0.3) is 5.83 Å². The van der Waals surface area contributed by atoms with Crippen molar-refractivity contribution in [3.63, 3.8) is 0 Å². The molecule has 0 radical (unpaired) electrons. The first-order chi connectivity index (χ1) is 5.99. The van der Waals surface area contributed by atoms with Crippen LogP contribution in [0.5, 0.6) is 0 Å². The highest BCUT2D eigenvalue weighted by Crippen LogP contribution is 2.15. The van der Waals surface area contributed by atoms with Gasteiger partial charge in [0.15, 0.2) is 0 Å². The first-order valence-corrected chi connectivity index (χ1v) is 5.05. The summed E-state index contributed by atoms with van der Waals surface area (Å²) < 4.78 is 34.0. The molecule has 1 aromatic rings. The molecule has 3 nitrogen and oxygen atoms in total. The summed E-state index contributed by atoms with van der Waals surface area (Å²) in [6, 6.07) is 7.82. The van der Waals surface area contributed by atoms with Crippen LogP contribution in [0.4, 0.5) is 4.39 Å². The zero-order chi connectivity index (χ0) is 9.90. The van der Waals surface area contributed by atoms with Crippen molar-refractivity contribution < 1.29 is 12.8 Å². The highest BCUT2D eigenvalue weighted by molar-refractivity contribution is 7.92. The third-order valence-electron chi connectivity index (χ3n) is 1.32. The third-order valence-corrected chi connectivity index (χ3v) is 1.85. The van der Waals surface area contributed by atoms with E-state index in [9.17, 15) is 12.8 Å². The molecule has 0 saturated carbocycles. The summed E-state index contributed by atoms with van der Waals surface area (Å²) in [5.41, 5.74) is 0.191. The highest BCUT2D eigenvalue weighted by atomic mass is 32.2. The maximum Gasteiger partial charge on any atom is 0.234 e. The summed E-state index contributed by atoms with van der Waals surface area (Å²) >= 11 is 0. The zero-order valence-corrected chi connectivity index (χ0v) is 7.46. The quantitative estimate of drug-likeness (QED) is 0.782. The SMILES string of the molecule is NS(=O)(=O)C=C(F)c1ccccc1. The molecule has 0 aromatic heterocycles. The molecule has 0 spiro atoms. The minimum Gasteiger partial charge on any atom is -0.225 e. The summed E-state index contributed by atoms with van der Waals surface area (Å²) in [7, 11) is -3.91. The minimum atomic E-state index is -3.91. The number of primary sulfonamides is 1. The number of hydrogen-bond donors (Lipinski definition) is 1. The standard InChI is InChI=1S/C8H8FNO2S/c9-8(6-13(10,11)12)7-4-2-1-3-5-7/h1-6H,(H2,10,11,12). The lowest BCUT2D eigenvalue weighted by molar-refractivity contribution is 0.605. The van der Waals surface area contributed by atoms with Crippen molar-refractivity contribution in [1.29, 1.82) is 0 Å². The Kier molecular flexibility index (Phi) is 2.79. The summed E-state index contributed by atoms with van der Waals surface area (Å²) in [5.74, 6) is -0.858. The van der Waals surface area contributed by atoms with E-state index in [4.69, 9.17) is 0 Å². The molecule has 0 aliphatic carbocycles. The molecule has 0 fully saturated rings. The van der Waals surface area contributed by atoms with Crippen LogP contribution in [0.15, 0.2) is 35.7 Å². The van der Waals surface area contributed by atoms with Crippen LogP contribution in [-0.4, -0.2) is 8.42 Å². The largest absolute Gasteiger partial charge is 0.234 e. The van der Waals surface area contributed by atoms with E-state index in [0.717, 1.165) is 0 Å². The molecule has 1 rings (SSSR count). The molecule has 5 heteroatoms. The van der Waals surface area contributed by atoms with E-state index in [0.29, 0.717) is 5.41 Å². The second-order valence-corrected chi connectivity index (χ2v) is 3.83. The fraction of sp³-hybridized carbons (Fsp3) is 0. The molecule has 0 saturated heterocycles. The van der Waals surface area contributed by atoms with Gasteiger partial charge in [-0.15, -0.1) is 0 Å². The lowest BCUT2D eigenvalue weighted by atomic mass is 10.2. The molecule has 0 bridgehead atoms. The average molecular weight is 201 g/mol. The molecule has 1 aromatic carbocycles. The molecule has 0 atom stereocenters. The van der Waals surface area contributed by atoms with Gasteiger partial charge in [0.25, 0.3) is 0 Å². The number of hydrogen-bond acceptors (Lipinski definition) is 2. The number of nitrogens with two attached hydrogens (primary N) is 1. The normalized spacial score (nSPS) is 12.9. The Labute approximate surface area is 75.7 Å². The molecule has 0 aliphatic rings. The van der Waals surface area contributed by atoms with Gasteiger partial charge in [-0.3, -0.25) is 0 Å². The Balaban J connectivity index is 3.06. The van der Waals surface area contributed by atoms with E-state index < -0.39 is 15.9 Å². The van der Waals surface area contributed by atoms with Crippen molar-refractivity contribution in [1.82, 2.24) is 0 Å². The van der Waals surface area contributed by atoms with Crippen molar-refractivity contribution in [2.75, 3.05) is 0 Å². The molecule has 0 amide bonds. The van der Waals surface area contributed by atoms with Crippen LogP contribution in [0.2, 0.25) is 0 Å². The molecular formula is C8H8FNO2S. The highest BCUT2D eigenvalue weighted by Gasteiger charge is 2.03. The predicted molar refractivity (Wildman–Crippen MR) is 48.6 cm³/mol. The predicted octanol–water partition coefficient (Wildman–Crippen LogP) is 1.24. The van der Waals surface area contributed by atoms with Crippen molar-refractivity contribution in [2.24, 2.45) is 5.14 Å². The molecule has 0 unspecified atom stereocenters. The van der Waals surface area contributed by atoms with Crippen LogP contribution in [0.3, 0.4) is 0 Å². The van der Waals surface area contributed by atoms with Gasteiger partial charge in [0, 0.05) is 5.56 Å². The van der Waals surface area contributed by atoms with Crippen molar-refractivity contribution in [3.8, 4) is 0 Å². The van der Waals surface area contributed by atoms with Crippen molar-refractivity contribution in [2.45, 2.75) is 0 Å². The van der Waals surface area contributed by atoms with Crippen molar-refractivity contribution >= 4 is 15.9 Å². The summed E-state index contributed by atoms with van der Waals surface area (Å²) in [6.45, 7) is 0. The molecule has 2 N–H and O–H groups in total. The Morgan fingerprint density at radius 2 is 1.85 bits per heavy atom. The van der Waals surface area contributed by atoms with E-state index in [1.54, 1.807) is 18.2 Å². The summed E-state index contributed by atoms with van der Waals surface area (Å²) in [5, 5.41) is 5.02. The smallest absolute Gasteiger partial charge is 0.225 e. The maximum atomic E-state index is 13.0. The van der Waals surface area contributed by atoms with Gasteiger partial charge in [-0.25, -0.2) is 17.9 Å². The maximum absolute atomic E-state index is 13.0. The van der Waals surface area contributed by atoms with Gasteiger partial charge in [-0.1, -0.05) is 30.3 Å². The van der Waals surface area contributed by atoms with Crippen LogP contribution < -0.4 is 5.14 Å². The lowest BCUT2D eigenvalue weighted by Gasteiger charge is -1.95. The minimum absolute atomic E-state index is 0.191. The van der Waals surface area contributed by atoms with Gasteiger partial charge in [0.2, 0.25) is 10.0 Å². The fourth-order valence-electron chi connectivity index (χ4n) is 0.810. The summed E-state index contributed by atoms with van der Waals surface area (Å²) in [4.78, 5) is 0. The Morgan fingerprint density at radius 1 is 1.31 bits per heavy atom. The van der Waals surface area contributed by atoms with E-state index in [1.165, 1.54) is 12.1 Å².